The van der Waals surface area contributed by atoms with Gasteiger partial charge in [0.25, 0.3) is 0 Å². The molecule has 0 aliphatic rings. The van der Waals surface area contributed by atoms with Crippen molar-refractivity contribution in [1.29, 1.82) is 0 Å². The Morgan fingerprint density at radius 2 is 1.88 bits per heavy atom. The minimum absolute atomic E-state index is 0.846. The largest absolute Gasteiger partial charge is 0.371 e. The molecule has 2 nitrogen and oxygen atoms in total. The second-order valence-corrected chi connectivity index (χ2v) is 4.15. The van der Waals surface area contributed by atoms with Crippen LogP contribution in [0.25, 0.3) is 0 Å². The minimum Gasteiger partial charge on any atom is -0.371 e. The van der Waals surface area contributed by atoms with Crippen molar-refractivity contribution in [3.05, 3.63) is 28.8 Å². The van der Waals surface area contributed by atoms with Crippen LogP contribution in [-0.2, 0) is 6.54 Å². The molecule has 0 atom stereocenters. The third-order valence-corrected chi connectivity index (χ3v) is 3.00. The average Bonchev–Trinajstić information content (AvgIpc) is 2.30. The highest BCUT2D eigenvalue weighted by Gasteiger charge is 2.07. The molecular weight excluding hydrogens is 220 g/mol. The Morgan fingerprint density at radius 1 is 1.19 bits per heavy atom. The van der Waals surface area contributed by atoms with E-state index in [-0.39, 0.29) is 0 Å². The van der Waals surface area contributed by atoms with E-state index >= 15 is 0 Å². The second-order valence-electron chi connectivity index (χ2n) is 3.74. The lowest BCUT2D eigenvalue weighted by molar-refractivity contribution is 0.726. The van der Waals surface area contributed by atoms with Gasteiger partial charge in [-0.15, -0.1) is 0 Å². The van der Waals surface area contributed by atoms with Crippen molar-refractivity contribution >= 4 is 17.3 Å². The molecule has 90 valence electrons. The molecule has 0 spiro atoms. The van der Waals surface area contributed by atoms with E-state index < -0.39 is 0 Å². The van der Waals surface area contributed by atoms with Crippen molar-refractivity contribution in [3.8, 4) is 0 Å². The molecule has 0 saturated carbocycles. The number of benzene rings is 1. The summed E-state index contributed by atoms with van der Waals surface area (Å²) in [7, 11) is 0. The van der Waals surface area contributed by atoms with Gasteiger partial charge in [-0.2, -0.15) is 0 Å². The number of nitrogens with zero attached hydrogens (tertiary/aromatic N) is 1. The highest BCUT2D eigenvalue weighted by Crippen LogP contribution is 2.26. The fraction of sp³-hybridized carbons (Fsp3) is 0.538. The monoisotopic (exact) mass is 240 g/mol. The van der Waals surface area contributed by atoms with Gasteiger partial charge in [0.2, 0.25) is 0 Å². The van der Waals surface area contributed by atoms with E-state index in [2.05, 4.69) is 49.2 Å². The first-order valence-electron chi connectivity index (χ1n) is 5.97. The standard InChI is InChI=1S/C13H21ClN2/c1-4-15-10-11-7-8-13(12(14)9-11)16(5-2)6-3/h7-9,15H,4-6,10H2,1-3H3. The lowest BCUT2D eigenvalue weighted by atomic mass is 10.2. The number of rotatable bonds is 6. The summed E-state index contributed by atoms with van der Waals surface area (Å²) in [5, 5.41) is 4.14. The van der Waals surface area contributed by atoms with Crippen LogP contribution in [0.2, 0.25) is 5.02 Å². The van der Waals surface area contributed by atoms with Crippen molar-refractivity contribution in [1.82, 2.24) is 5.32 Å². The summed E-state index contributed by atoms with van der Waals surface area (Å²) in [6, 6.07) is 6.31. The van der Waals surface area contributed by atoms with Crippen LogP contribution in [-0.4, -0.2) is 19.6 Å². The van der Waals surface area contributed by atoms with Gasteiger partial charge >= 0.3 is 0 Å². The summed E-state index contributed by atoms with van der Waals surface area (Å²) in [6.45, 7) is 10.2. The third kappa shape index (κ3) is 3.39. The molecule has 0 amide bonds. The van der Waals surface area contributed by atoms with E-state index in [0.717, 1.165) is 36.9 Å². The number of nitrogens with one attached hydrogen (secondary N) is 1. The van der Waals surface area contributed by atoms with Gasteiger partial charge in [-0.1, -0.05) is 24.6 Å². The van der Waals surface area contributed by atoms with Crippen molar-refractivity contribution < 1.29 is 0 Å². The fourth-order valence-electron chi connectivity index (χ4n) is 1.75. The zero-order valence-corrected chi connectivity index (χ0v) is 11.1. The molecule has 0 unspecified atom stereocenters. The first-order valence-corrected chi connectivity index (χ1v) is 6.34. The Hall–Kier alpha value is -0.730. The molecule has 0 radical (unpaired) electrons. The van der Waals surface area contributed by atoms with Crippen molar-refractivity contribution in [2.75, 3.05) is 24.5 Å². The molecule has 1 aromatic rings. The molecule has 0 heterocycles. The highest BCUT2D eigenvalue weighted by molar-refractivity contribution is 6.33. The van der Waals surface area contributed by atoms with Crippen LogP contribution in [0.1, 0.15) is 26.3 Å². The molecule has 1 N–H and O–H groups in total. The van der Waals surface area contributed by atoms with Gasteiger partial charge in [0.05, 0.1) is 10.7 Å². The van der Waals surface area contributed by atoms with Gasteiger partial charge in [-0.25, -0.2) is 0 Å². The Kier molecular flexibility index (Phi) is 5.64. The van der Waals surface area contributed by atoms with Crippen LogP contribution in [0.4, 0.5) is 5.69 Å². The van der Waals surface area contributed by atoms with Gasteiger partial charge in [-0.3, -0.25) is 0 Å². The quantitative estimate of drug-likeness (QED) is 0.821. The summed E-state index contributed by atoms with van der Waals surface area (Å²) < 4.78 is 0. The maximum atomic E-state index is 6.29. The lowest BCUT2D eigenvalue weighted by Gasteiger charge is -2.22. The molecule has 0 aliphatic carbocycles. The van der Waals surface area contributed by atoms with Crippen molar-refractivity contribution in [2.45, 2.75) is 27.3 Å². The molecule has 0 fully saturated rings. The van der Waals surface area contributed by atoms with E-state index in [1.54, 1.807) is 0 Å². The lowest BCUT2D eigenvalue weighted by Crippen LogP contribution is -2.22. The summed E-state index contributed by atoms with van der Waals surface area (Å²) in [5.41, 5.74) is 2.37. The Labute approximate surface area is 104 Å². The first-order chi connectivity index (χ1) is 7.72. The van der Waals surface area contributed by atoms with Crippen molar-refractivity contribution in [3.63, 3.8) is 0 Å². The summed E-state index contributed by atoms with van der Waals surface area (Å²) in [6.07, 6.45) is 0. The van der Waals surface area contributed by atoms with Gasteiger partial charge in [0.1, 0.15) is 0 Å². The van der Waals surface area contributed by atoms with Gasteiger partial charge in [-0.05, 0) is 38.1 Å². The number of halogens is 1. The molecule has 3 heteroatoms. The van der Waals surface area contributed by atoms with E-state index in [4.69, 9.17) is 11.6 Å². The molecule has 0 aliphatic heterocycles. The number of anilines is 1. The molecule has 0 bridgehead atoms. The average molecular weight is 241 g/mol. The smallest absolute Gasteiger partial charge is 0.0642 e. The zero-order valence-electron chi connectivity index (χ0n) is 10.4. The third-order valence-electron chi connectivity index (χ3n) is 2.70. The van der Waals surface area contributed by atoms with Crippen LogP contribution >= 0.6 is 11.6 Å². The fourth-order valence-corrected chi connectivity index (χ4v) is 2.07. The van der Waals surface area contributed by atoms with E-state index in [9.17, 15) is 0 Å². The molecule has 0 saturated heterocycles. The predicted molar refractivity (Wildman–Crippen MR) is 72.4 cm³/mol. The van der Waals surface area contributed by atoms with Gasteiger partial charge < -0.3 is 10.2 Å². The molecule has 1 aromatic carbocycles. The molecular formula is C13H21ClN2. The molecule has 16 heavy (non-hydrogen) atoms. The van der Waals surface area contributed by atoms with Crippen LogP contribution in [0.5, 0.6) is 0 Å². The Bertz CT molecular complexity index is 322. The first kappa shape index (κ1) is 13.3. The minimum atomic E-state index is 0.846. The van der Waals surface area contributed by atoms with Crippen molar-refractivity contribution in [2.24, 2.45) is 0 Å². The van der Waals surface area contributed by atoms with E-state index in [1.165, 1.54) is 5.56 Å². The van der Waals surface area contributed by atoms with Crippen LogP contribution in [0.3, 0.4) is 0 Å². The summed E-state index contributed by atoms with van der Waals surface area (Å²) in [5.74, 6) is 0. The second kappa shape index (κ2) is 6.77. The molecule has 1 rings (SSSR count). The maximum absolute atomic E-state index is 6.29. The van der Waals surface area contributed by atoms with Crippen LogP contribution in [0.15, 0.2) is 18.2 Å². The number of hydrogen-bond donors (Lipinski definition) is 1. The Morgan fingerprint density at radius 3 is 2.38 bits per heavy atom. The number of hydrogen-bond acceptors (Lipinski definition) is 2. The topological polar surface area (TPSA) is 15.3 Å². The maximum Gasteiger partial charge on any atom is 0.0642 e. The summed E-state index contributed by atoms with van der Waals surface area (Å²) in [4.78, 5) is 2.26. The van der Waals surface area contributed by atoms with Crippen LogP contribution in [0, 0.1) is 0 Å². The summed E-state index contributed by atoms with van der Waals surface area (Å²) >= 11 is 6.29. The van der Waals surface area contributed by atoms with E-state index in [0.29, 0.717) is 0 Å². The van der Waals surface area contributed by atoms with Gasteiger partial charge in [0.15, 0.2) is 0 Å². The van der Waals surface area contributed by atoms with Gasteiger partial charge in [0, 0.05) is 19.6 Å². The predicted octanol–water partition coefficient (Wildman–Crippen LogP) is 3.30. The zero-order chi connectivity index (χ0) is 12.0. The molecule has 0 aromatic heterocycles. The normalized spacial score (nSPS) is 10.5. The highest BCUT2D eigenvalue weighted by atomic mass is 35.5. The Balaban J connectivity index is 2.82. The SMILES string of the molecule is CCNCc1ccc(N(CC)CC)c(Cl)c1. The van der Waals surface area contributed by atoms with Crippen LogP contribution < -0.4 is 10.2 Å². The van der Waals surface area contributed by atoms with E-state index in [1.807, 2.05) is 0 Å².